The number of nitrogens with zero attached hydrogens (tertiary/aromatic N) is 2. The summed E-state index contributed by atoms with van der Waals surface area (Å²) in [4.78, 5) is 31.3. The average Bonchev–Trinajstić information content (AvgIpc) is 3.37. The van der Waals surface area contributed by atoms with E-state index in [0.29, 0.717) is 19.0 Å². The van der Waals surface area contributed by atoms with E-state index in [1.807, 2.05) is 30.5 Å². The second kappa shape index (κ2) is 8.74. The van der Waals surface area contributed by atoms with E-state index in [1.165, 1.54) is 0 Å². The third kappa shape index (κ3) is 4.74. The first kappa shape index (κ1) is 20.2. The molecule has 0 saturated heterocycles. The molecule has 2 amide bonds. The van der Waals surface area contributed by atoms with E-state index < -0.39 is 23.4 Å². The molecule has 0 aliphatic heterocycles. The van der Waals surface area contributed by atoms with Gasteiger partial charge in [-0.1, -0.05) is 23.4 Å². The van der Waals surface area contributed by atoms with Gasteiger partial charge in [0.1, 0.15) is 11.6 Å². The fourth-order valence-corrected chi connectivity index (χ4v) is 3.07. The molecule has 4 rings (SSSR count). The van der Waals surface area contributed by atoms with Crippen LogP contribution in [0.4, 0.5) is 14.5 Å². The molecule has 8 nitrogen and oxygen atoms in total. The predicted octanol–water partition coefficient (Wildman–Crippen LogP) is 2.98. The van der Waals surface area contributed by atoms with Gasteiger partial charge in [0.2, 0.25) is 5.91 Å². The van der Waals surface area contributed by atoms with Crippen LogP contribution in [-0.2, 0) is 17.6 Å². The molecule has 31 heavy (non-hydrogen) atoms. The molecule has 0 spiro atoms. The van der Waals surface area contributed by atoms with Gasteiger partial charge in [0, 0.05) is 29.7 Å². The molecule has 4 aromatic rings. The third-order valence-electron chi connectivity index (χ3n) is 4.54. The van der Waals surface area contributed by atoms with Crippen LogP contribution in [0.1, 0.15) is 22.1 Å². The lowest BCUT2D eigenvalue weighted by atomic mass is 10.1. The number of halogens is 2. The van der Waals surface area contributed by atoms with E-state index in [1.54, 1.807) is 0 Å². The number of rotatable bonds is 7. The fourth-order valence-electron chi connectivity index (χ4n) is 3.07. The molecule has 0 fully saturated rings. The van der Waals surface area contributed by atoms with Gasteiger partial charge in [-0.15, -0.1) is 0 Å². The van der Waals surface area contributed by atoms with Crippen LogP contribution in [0.5, 0.6) is 0 Å². The highest BCUT2D eigenvalue weighted by molar-refractivity contribution is 5.92. The second-order valence-electron chi connectivity index (χ2n) is 6.73. The van der Waals surface area contributed by atoms with Crippen LogP contribution >= 0.6 is 0 Å². The monoisotopic (exact) mass is 425 g/mol. The molecular weight excluding hydrogens is 408 g/mol. The van der Waals surface area contributed by atoms with Crippen molar-refractivity contribution in [3.63, 3.8) is 0 Å². The van der Waals surface area contributed by atoms with Crippen LogP contribution in [-0.4, -0.2) is 33.5 Å². The van der Waals surface area contributed by atoms with Crippen LogP contribution in [0.25, 0.3) is 10.9 Å². The Labute approximate surface area is 174 Å². The molecule has 0 unspecified atom stereocenters. The first-order chi connectivity index (χ1) is 15.0. The van der Waals surface area contributed by atoms with Gasteiger partial charge in [-0.05, 0) is 30.2 Å². The standard InChI is InChI=1S/C21H17F2N5O3/c22-13-5-6-17(15(23)9-13)26-19(29)10-18-27-21(31-28-18)20(30)24-8-7-12-11-25-16-4-2-1-3-14(12)16/h1-6,9,11,25H,7-8,10H2,(H,24,30)(H,26,29). The van der Waals surface area contributed by atoms with Gasteiger partial charge in [-0.3, -0.25) is 9.59 Å². The SMILES string of the molecule is O=C(Cc1noc(C(=O)NCCc2c[nH]c3ccccc23)n1)Nc1ccc(F)cc1F. The van der Waals surface area contributed by atoms with Gasteiger partial charge in [0.05, 0.1) is 12.1 Å². The molecule has 0 aliphatic rings. The highest BCUT2D eigenvalue weighted by Crippen LogP contribution is 2.18. The smallest absolute Gasteiger partial charge is 0.315 e. The number of para-hydroxylation sites is 1. The Morgan fingerprint density at radius 2 is 1.97 bits per heavy atom. The normalized spacial score (nSPS) is 10.9. The number of H-pyrrole nitrogens is 1. The van der Waals surface area contributed by atoms with Gasteiger partial charge in [-0.2, -0.15) is 4.98 Å². The molecule has 2 aromatic carbocycles. The minimum atomic E-state index is -0.906. The molecule has 2 heterocycles. The van der Waals surface area contributed by atoms with Crippen molar-refractivity contribution in [1.29, 1.82) is 0 Å². The van der Waals surface area contributed by atoms with E-state index in [-0.39, 0.29) is 23.8 Å². The Balaban J connectivity index is 1.29. The third-order valence-corrected chi connectivity index (χ3v) is 4.54. The number of amides is 2. The first-order valence-electron chi connectivity index (χ1n) is 9.40. The maximum atomic E-state index is 13.6. The summed E-state index contributed by atoms with van der Waals surface area (Å²) in [5.74, 6) is -3.19. The van der Waals surface area contributed by atoms with Crippen molar-refractivity contribution >= 4 is 28.4 Å². The van der Waals surface area contributed by atoms with Crippen molar-refractivity contribution in [2.75, 3.05) is 11.9 Å². The van der Waals surface area contributed by atoms with Crippen molar-refractivity contribution in [3.05, 3.63) is 77.6 Å². The number of carbonyl (C=O) groups excluding carboxylic acids is 2. The Morgan fingerprint density at radius 1 is 1.13 bits per heavy atom. The van der Waals surface area contributed by atoms with Crippen molar-refractivity contribution in [3.8, 4) is 0 Å². The Bertz CT molecular complexity index is 1250. The quantitative estimate of drug-likeness (QED) is 0.421. The van der Waals surface area contributed by atoms with Crippen LogP contribution < -0.4 is 10.6 Å². The maximum absolute atomic E-state index is 13.6. The Morgan fingerprint density at radius 3 is 2.81 bits per heavy atom. The number of carbonyl (C=O) groups is 2. The largest absolute Gasteiger partial charge is 0.361 e. The summed E-state index contributed by atoms with van der Waals surface area (Å²) < 4.78 is 31.4. The Hall–Kier alpha value is -4.08. The molecule has 0 bridgehead atoms. The van der Waals surface area contributed by atoms with E-state index in [4.69, 9.17) is 4.52 Å². The zero-order valence-corrected chi connectivity index (χ0v) is 16.1. The highest BCUT2D eigenvalue weighted by atomic mass is 19.1. The number of hydrogen-bond acceptors (Lipinski definition) is 5. The summed E-state index contributed by atoms with van der Waals surface area (Å²) in [5.41, 5.74) is 1.90. The topological polar surface area (TPSA) is 113 Å². The number of aromatic amines is 1. The maximum Gasteiger partial charge on any atom is 0.315 e. The number of anilines is 1. The number of nitrogens with one attached hydrogen (secondary N) is 3. The highest BCUT2D eigenvalue weighted by Gasteiger charge is 2.17. The van der Waals surface area contributed by atoms with Gasteiger partial charge in [0.25, 0.3) is 0 Å². The summed E-state index contributed by atoms with van der Waals surface area (Å²) in [5, 5.41) is 9.64. The van der Waals surface area contributed by atoms with Crippen LogP contribution in [0.3, 0.4) is 0 Å². The number of benzene rings is 2. The molecule has 0 atom stereocenters. The van der Waals surface area contributed by atoms with Crippen LogP contribution in [0, 0.1) is 11.6 Å². The summed E-state index contributed by atoms with van der Waals surface area (Å²) >= 11 is 0. The van der Waals surface area contributed by atoms with Crippen LogP contribution in [0.15, 0.2) is 53.2 Å². The van der Waals surface area contributed by atoms with Gasteiger partial charge in [-0.25, -0.2) is 8.78 Å². The number of aromatic nitrogens is 3. The van der Waals surface area contributed by atoms with Gasteiger partial charge >= 0.3 is 11.8 Å². The van der Waals surface area contributed by atoms with Crippen molar-refractivity contribution < 1.29 is 22.9 Å². The minimum absolute atomic E-state index is 0.0400. The minimum Gasteiger partial charge on any atom is -0.361 e. The van der Waals surface area contributed by atoms with Gasteiger partial charge in [0.15, 0.2) is 5.82 Å². The first-order valence-corrected chi connectivity index (χ1v) is 9.40. The molecule has 0 aliphatic carbocycles. The lowest BCUT2D eigenvalue weighted by Gasteiger charge is -2.04. The molecule has 0 radical (unpaired) electrons. The van der Waals surface area contributed by atoms with Crippen molar-refractivity contribution in [2.24, 2.45) is 0 Å². The zero-order valence-electron chi connectivity index (χ0n) is 16.1. The Kier molecular flexibility index (Phi) is 5.69. The van der Waals surface area contributed by atoms with E-state index in [2.05, 4.69) is 25.8 Å². The molecule has 10 heteroatoms. The molecule has 3 N–H and O–H groups in total. The molecular formula is C21H17F2N5O3. The van der Waals surface area contributed by atoms with E-state index in [0.717, 1.165) is 28.6 Å². The average molecular weight is 425 g/mol. The number of hydrogen-bond donors (Lipinski definition) is 3. The lowest BCUT2D eigenvalue weighted by Crippen LogP contribution is -2.26. The molecule has 158 valence electrons. The summed E-state index contributed by atoms with van der Waals surface area (Å²) in [6, 6.07) is 10.6. The molecule has 2 aromatic heterocycles. The van der Waals surface area contributed by atoms with Crippen LogP contribution in [0.2, 0.25) is 0 Å². The summed E-state index contributed by atoms with van der Waals surface area (Å²) in [6.07, 6.45) is 2.15. The van der Waals surface area contributed by atoms with Gasteiger partial charge < -0.3 is 20.1 Å². The predicted molar refractivity (Wildman–Crippen MR) is 107 cm³/mol. The second-order valence-corrected chi connectivity index (χ2v) is 6.73. The number of fused-ring (bicyclic) bond motifs is 1. The van der Waals surface area contributed by atoms with E-state index >= 15 is 0 Å². The summed E-state index contributed by atoms with van der Waals surface area (Å²) in [6.45, 7) is 0.350. The lowest BCUT2D eigenvalue weighted by molar-refractivity contribution is -0.115. The van der Waals surface area contributed by atoms with Crippen molar-refractivity contribution in [2.45, 2.75) is 12.8 Å². The van der Waals surface area contributed by atoms with E-state index in [9.17, 15) is 18.4 Å². The zero-order chi connectivity index (χ0) is 21.8. The van der Waals surface area contributed by atoms with Crippen molar-refractivity contribution in [1.82, 2.24) is 20.4 Å². The fraction of sp³-hybridized carbons (Fsp3) is 0.143. The summed E-state index contributed by atoms with van der Waals surface area (Å²) in [7, 11) is 0. The molecule has 0 saturated carbocycles.